The molecular weight excluding hydrogens is 1480 g/mol. The molecule has 558 valence electrons. The van der Waals surface area contributed by atoms with Crippen molar-refractivity contribution < 1.29 is 34.3 Å². The van der Waals surface area contributed by atoms with Gasteiger partial charge in [0, 0.05) is 129 Å². The van der Waals surface area contributed by atoms with E-state index in [1.165, 1.54) is 151 Å². The standard InChI is InChI=1S/C27H33BrN2O2.C24H24ClN3O2.C21H20ClNO2.C18H16ClNO/c28-20-10-13-26-25(16-20)24-7-3-2-6-23(27(24)29-26)19-8-11-22(12-9-19)32-18-21(31)17-30-14-4-1-5-15-30;25-17-7-10-23-22(13-17)21-4-1-3-20(24(21)27-23)16-5-8-19(9-6-16)30-15-18(29)14-28-12-2-11-26-28;22-14-6-9-20-19(10-14)18-3-1-2-17(21(18)23-20)13-4-7-15(8-5-13)24-11-16-12-25-16;19-12-6-9-17-16(10-12)15-3-1-2-14(18(15)20-17)11-4-7-13(21)8-5-11/h8-13,16,21,23,29,31H,1-7,14-15,17-18H2;2,5-13,18,20,27,29H,1,3-4,14-15H2;4-10,16-17,23H,1-3,11-12H2;4-10,14,20-21H,1-3H2. The zero-order chi connectivity index (χ0) is 73.6. The molecule has 7 heterocycles. The van der Waals surface area contributed by atoms with Crippen molar-refractivity contribution in [2.75, 3.05) is 46.1 Å². The molecule has 108 heavy (non-hydrogen) atoms. The molecule has 19 rings (SSSR count). The first-order chi connectivity index (χ1) is 52.8. The van der Waals surface area contributed by atoms with Crippen molar-refractivity contribution in [2.24, 2.45) is 0 Å². The number of aromatic nitrogens is 6. The van der Waals surface area contributed by atoms with E-state index in [2.05, 4.69) is 161 Å². The van der Waals surface area contributed by atoms with E-state index in [-0.39, 0.29) is 6.61 Å². The van der Waals surface area contributed by atoms with Crippen LogP contribution in [0.4, 0.5) is 0 Å². The van der Waals surface area contributed by atoms with Crippen molar-refractivity contribution in [3.63, 3.8) is 0 Å². The topological polar surface area (TPSA) is 185 Å². The summed E-state index contributed by atoms with van der Waals surface area (Å²) in [5.74, 6) is 4.35. The van der Waals surface area contributed by atoms with Crippen molar-refractivity contribution in [1.29, 1.82) is 0 Å². The number of hydrogen-bond donors (Lipinski definition) is 7. The number of rotatable bonds is 17. The normalized spacial score (nSPS) is 19.4. The van der Waals surface area contributed by atoms with Crippen LogP contribution in [0, 0.1) is 0 Å². The minimum Gasteiger partial charge on any atom is -0.508 e. The largest absolute Gasteiger partial charge is 0.508 e. The average molecular weight is 1570 g/mol. The SMILES string of the molecule is Clc1ccc2[nH]c3c(c2c1)CCCC3c1ccc(OCC2CO2)cc1.OC(COc1ccc(C2CCCCc3c2[nH]c2ccc(Br)cc32)cc1)CN1CCCCC1.OC(COc1ccc(C2CCCc3c2[nH]c2ccc(Cl)cc32)cc1)Cn1cccn1.Oc1ccc(C2CCCc3c2[nH]c2ccc(Cl)cc32)cc1. The Bertz CT molecular complexity index is 5180. The highest BCUT2D eigenvalue weighted by atomic mass is 79.9. The van der Waals surface area contributed by atoms with Gasteiger partial charge < -0.3 is 59.1 Å². The Balaban J connectivity index is 0.000000111. The molecule has 0 radical (unpaired) electrons. The smallest absolute Gasteiger partial charge is 0.119 e. The fraction of sp³-hybridized carbons (Fsp3) is 0.344. The number of likely N-dealkylation sites (tertiary alicyclic amines) is 1. The molecule has 4 aliphatic carbocycles. The van der Waals surface area contributed by atoms with E-state index in [4.69, 9.17) is 53.8 Å². The molecule has 2 aliphatic heterocycles. The molecule has 7 unspecified atom stereocenters. The minimum absolute atomic E-state index is 0.232. The van der Waals surface area contributed by atoms with E-state index >= 15 is 0 Å². The molecule has 5 aromatic heterocycles. The van der Waals surface area contributed by atoms with Gasteiger partial charge in [-0.1, -0.05) is 112 Å². The lowest BCUT2D eigenvalue weighted by Gasteiger charge is -2.28. The maximum atomic E-state index is 10.4. The molecule has 2 fully saturated rings. The Morgan fingerprint density at radius 1 is 0.454 bits per heavy atom. The van der Waals surface area contributed by atoms with Crippen LogP contribution in [0.2, 0.25) is 15.1 Å². The Hall–Kier alpha value is -8.48. The van der Waals surface area contributed by atoms with E-state index in [1.54, 1.807) is 23.0 Å². The van der Waals surface area contributed by atoms with Gasteiger partial charge in [0.2, 0.25) is 0 Å². The third-order valence-electron chi connectivity index (χ3n) is 22.7. The Morgan fingerprint density at radius 2 is 0.843 bits per heavy atom. The number of ether oxygens (including phenoxy) is 4. The number of aliphatic hydroxyl groups is 2. The lowest BCUT2D eigenvalue weighted by Crippen LogP contribution is -2.38. The number of aliphatic hydroxyl groups excluding tert-OH is 2. The van der Waals surface area contributed by atoms with Crippen LogP contribution in [0.1, 0.15) is 168 Å². The maximum Gasteiger partial charge on any atom is 0.119 e. The number of β-amino-alcohol motifs (C(OH)–C–C–N with tert-alkyl or cyclic N) is 1. The van der Waals surface area contributed by atoms with Gasteiger partial charge in [-0.25, -0.2) is 0 Å². The molecule has 2 saturated heterocycles. The fourth-order valence-corrected chi connectivity index (χ4v) is 18.1. The first kappa shape index (κ1) is 73.7. The highest BCUT2D eigenvalue weighted by Crippen LogP contribution is 2.45. The Labute approximate surface area is 654 Å². The van der Waals surface area contributed by atoms with Gasteiger partial charge >= 0.3 is 0 Å². The average Bonchev–Trinajstić information content (AvgIpc) is 1.62. The van der Waals surface area contributed by atoms with Crippen molar-refractivity contribution in [3.05, 3.63) is 275 Å². The maximum absolute atomic E-state index is 10.4. The summed E-state index contributed by atoms with van der Waals surface area (Å²) in [4.78, 5) is 17.0. The minimum atomic E-state index is -0.608. The third-order valence-corrected chi connectivity index (χ3v) is 23.9. The number of halogens is 4. The van der Waals surface area contributed by atoms with Crippen molar-refractivity contribution in [1.82, 2.24) is 34.6 Å². The third kappa shape index (κ3) is 17.2. The highest BCUT2D eigenvalue weighted by molar-refractivity contribution is 9.10. The van der Waals surface area contributed by atoms with Crippen LogP contribution in [-0.4, -0.2) is 114 Å². The number of phenolic OH excluding ortho intramolecular Hbond substituents is 1. The van der Waals surface area contributed by atoms with Crippen molar-refractivity contribution in [2.45, 2.75) is 151 Å². The molecule has 6 aliphatic rings. The number of aryl methyl sites for hydroxylation is 4. The number of aromatic hydroxyl groups is 1. The van der Waals surface area contributed by atoms with Crippen LogP contribution in [0.5, 0.6) is 23.0 Å². The lowest BCUT2D eigenvalue weighted by molar-refractivity contribution is 0.0617. The summed E-state index contributed by atoms with van der Waals surface area (Å²) in [6, 6.07) is 59.5. The number of epoxide rings is 1. The summed E-state index contributed by atoms with van der Waals surface area (Å²) in [7, 11) is 0. The summed E-state index contributed by atoms with van der Waals surface area (Å²) in [6.45, 7) is 5.37. The first-order valence-corrected chi connectivity index (χ1v) is 40.6. The summed E-state index contributed by atoms with van der Waals surface area (Å²) < 4.78 is 25.5. The van der Waals surface area contributed by atoms with Gasteiger partial charge in [-0.05, 0) is 275 Å². The number of benzene rings is 8. The zero-order valence-electron chi connectivity index (χ0n) is 60.7. The number of phenols is 1. The molecular formula is C90H93BrCl3N7O7. The number of piperidine rings is 1. The lowest BCUT2D eigenvalue weighted by atomic mass is 9.82. The molecule has 7 N–H and O–H groups in total. The molecule has 0 saturated carbocycles. The number of fused-ring (bicyclic) bond motifs is 12. The molecule has 14 nitrogen and oxygen atoms in total. The monoisotopic (exact) mass is 1570 g/mol. The van der Waals surface area contributed by atoms with Crippen LogP contribution in [0.3, 0.4) is 0 Å². The highest BCUT2D eigenvalue weighted by Gasteiger charge is 2.31. The van der Waals surface area contributed by atoms with Crippen molar-refractivity contribution >= 4 is 94.3 Å². The van der Waals surface area contributed by atoms with Crippen LogP contribution >= 0.6 is 50.7 Å². The number of aromatic amines is 4. The van der Waals surface area contributed by atoms with Gasteiger partial charge in [-0.2, -0.15) is 5.10 Å². The van der Waals surface area contributed by atoms with Crippen LogP contribution in [-0.2, 0) is 37.0 Å². The Morgan fingerprint density at radius 3 is 1.27 bits per heavy atom. The van der Waals surface area contributed by atoms with Gasteiger partial charge in [-0.3, -0.25) is 4.68 Å². The van der Waals surface area contributed by atoms with Crippen LogP contribution < -0.4 is 14.2 Å². The van der Waals surface area contributed by atoms with Crippen molar-refractivity contribution in [3.8, 4) is 23.0 Å². The quantitative estimate of drug-likeness (QED) is 0.0344. The molecule has 0 amide bonds. The second kappa shape index (κ2) is 33.8. The number of hydrogen-bond acceptors (Lipinski definition) is 9. The summed E-state index contributed by atoms with van der Waals surface area (Å²) >= 11 is 22.2. The van der Waals surface area contributed by atoms with Gasteiger partial charge in [0.25, 0.3) is 0 Å². The summed E-state index contributed by atoms with van der Waals surface area (Å²) in [5, 5.41) is 41.6. The molecule has 8 aromatic carbocycles. The number of nitrogens with zero attached hydrogens (tertiary/aromatic N) is 3. The predicted octanol–water partition coefficient (Wildman–Crippen LogP) is 21.0. The molecule has 0 spiro atoms. The second-order valence-corrected chi connectivity index (χ2v) is 32.3. The fourth-order valence-electron chi connectivity index (χ4n) is 17.2. The second-order valence-electron chi connectivity index (χ2n) is 30.0. The number of H-pyrrole nitrogens is 4. The van der Waals surface area contributed by atoms with Gasteiger partial charge in [0.05, 0.1) is 13.2 Å². The molecule has 0 bridgehead atoms. The van der Waals surface area contributed by atoms with E-state index in [0.29, 0.717) is 61.8 Å². The van der Waals surface area contributed by atoms with Gasteiger partial charge in [0.15, 0.2) is 0 Å². The summed E-state index contributed by atoms with van der Waals surface area (Å²) in [6.07, 6.45) is 21.6. The molecule has 18 heteroatoms. The number of nitrogens with one attached hydrogen (secondary N) is 4. The van der Waals surface area contributed by atoms with E-state index < -0.39 is 12.2 Å². The van der Waals surface area contributed by atoms with Crippen LogP contribution in [0.15, 0.2) is 193 Å². The first-order valence-electron chi connectivity index (χ1n) is 38.7. The summed E-state index contributed by atoms with van der Waals surface area (Å²) in [5.41, 5.74) is 21.0. The van der Waals surface area contributed by atoms with Gasteiger partial charge in [0.1, 0.15) is 61.1 Å². The Kier molecular flexibility index (Phi) is 23.0. The zero-order valence-corrected chi connectivity index (χ0v) is 64.6. The van der Waals surface area contributed by atoms with E-state index in [0.717, 1.165) is 119 Å². The van der Waals surface area contributed by atoms with E-state index in [9.17, 15) is 15.3 Å². The van der Waals surface area contributed by atoms with E-state index in [1.807, 2.05) is 54.7 Å². The predicted molar refractivity (Wildman–Crippen MR) is 438 cm³/mol. The van der Waals surface area contributed by atoms with Gasteiger partial charge in [-0.15, -0.1) is 0 Å². The molecule has 7 atom stereocenters. The van der Waals surface area contributed by atoms with Crippen LogP contribution in [0.25, 0.3) is 43.6 Å². The molecule has 13 aromatic rings.